The molecule has 3 fully saturated rings. The molecule has 2 heterocycles. The number of rotatable bonds is 5. The number of likely N-dealkylation sites (tertiary alicyclic amines) is 2. The van der Waals surface area contributed by atoms with Crippen LogP contribution in [0.4, 0.5) is 0 Å². The van der Waals surface area contributed by atoms with E-state index >= 15 is 0 Å². The summed E-state index contributed by atoms with van der Waals surface area (Å²) in [5, 5.41) is 3.27. The molecule has 1 unspecified atom stereocenters. The van der Waals surface area contributed by atoms with Gasteiger partial charge in [-0.25, -0.2) is 0 Å². The Hall–Kier alpha value is -1.39. The van der Waals surface area contributed by atoms with Crippen LogP contribution in [0.25, 0.3) is 0 Å². The number of carbonyl (C=O) groups excluding carboxylic acids is 1. The van der Waals surface area contributed by atoms with Crippen molar-refractivity contribution in [1.29, 1.82) is 0 Å². The second-order valence-corrected chi connectivity index (χ2v) is 9.01. The maximum atomic E-state index is 12.7. The van der Waals surface area contributed by atoms with E-state index in [0.29, 0.717) is 11.3 Å². The lowest BCUT2D eigenvalue weighted by Gasteiger charge is -2.48. The summed E-state index contributed by atoms with van der Waals surface area (Å²) in [6.07, 6.45) is 7.65. The van der Waals surface area contributed by atoms with E-state index in [1.807, 2.05) is 0 Å². The molecule has 142 valence electrons. The smallest absolute Gasteiger partial charge is 0.237 e. The van der Waals surface area contributed by atoms with Crippen LogP contribution in [0.1, 0.15) is 44.1 Å². The summed E-state index contributed by atoms with van der Waals surface area (Å²) in [6, 6.07) is 10.8. The highest BCUT2D eigenvalue weighted by Crippen LogP contribution is 2.42. The van der Waals surface area contributed by atoms with E-state index in [2.05, 4.69) is 52.5 Å². The SMILES string of the molecule is CN1CC2(CC1C(=O)NCC1CCCCC1)CN(Cc1ccccc1)C2. The van der Waals surface area contributed by atoms with Crippen molar-refractivity contribution in [3.63, 3.8) is 0 Å². The molecule has 0 aromatic heterocycles. The molecule has 0 bridgehead atoms. The molecule has 0 radical (unpaired) electrons. The molecule has 4 rings (SSSR count). The van der Waals surface area contributed by atoms with Crippen LogP contribution in [0.3, 0.4) is 0 Å². The Kier molecular flexibility index (Phi) is 5.32. The molecular weight excluding hydrogens is 322 g/mol. The Morgan fingerprint density at radius 1 is 1.12 bits per heavy atom. The third-order valence-electron chi connectivity index (χ3n) is 6.70. The van der Waals surface area contributed by atoms with Crippen molar-refractivity contribution in [2.75, 3.05) is 33.2 Å². The fourth-order valence-electron chi connectivity index (χ4n) is 5.40. The summed E-state index contributed by atoms with van der Waals surface area (Å²) < 4.78 is 0. The predicted molar refractivity (Wildman–Crippen MR) is 105 cm³/mol. The van der Waals surface area contributed by atoms with Crippen LogP contribution < -0.4 is 5.32 Å². The number of carbonyl (C=O) groups is 1. The zero-order chi connectivity index (χ0) is 18.0. The highest BCUT2D eigenvalue weighted by atomic mass is 16.2. The van der Waals surface area contributed by atoms with E-state index < -0.39 is 0 Å². The molecule has 3 aliphatic rings. The average molecular weight is 356 g/mol. The van der Waals surface area contributed by atoms with Gasteiger partial charge in [-0.1, -0.05) is 49.6 Å². The van der Waals surface area contributed by atoms with Crippen LogP contribution in [0, 0.1) is 11.3 Å². The molecule has 1 aromatic carbocycles. The Bertz CT molecular complexity index is 605. The van der Waals surface area contributed by atoms with Crippen LogP contribution in [0.5, 0.6) is 0 Å². The first-order valence-corrected chi connectivity index (χ1v) is 10.4. The van der Waals surface area contributed by atoms with Crippen LogP contribution >= 0.6 is 0 Å². The predicted octanol–water partition coefficient (Wildman–Crippen LogP) is 2.89. The van der Waals surface area contributed by atoms with E-state index in [1.165, 1.54) is 37.7 Å². The molecule has 1 amide bonds. The van der Waals surface area contributed by atoms with Gasteiger partial charge in [0.15, 0.2) is 0 Å². The van der Waals surface area contributed by atoms with Crippen molar-refractivity contribution in [3.05, 3.63) is 35.9 Å². The first-order valence-electron chi connectivity index (χ1n) is 10.4. The monoisotopic (exact) mass is 355 g/mol. The van der Waals surface area contributed by atoms with Gasteiger partial charge in [0.05, 0.1) is 6.04 Å². The average Bonchev–Trinajstić information content (AvgIpc) is 2.99. The van der Waals surface area contributed by atoms with Gasteiger partial charge in [0.25, 0.3) is 0 Å². The number of likely N-dealkylation sites (N-methyl/N-ethyl adjacent to an activating group) is 1. The van der Waals surface area contributed by atoms with Crippen molar-refractivity contribution in [3.8, 4) is 0 Å². The Balaban J connectivity index is 1.25. The zero-order valence-corrected chi connectivity index (χ0v) is 16.1. The molecule has 26 heavy (non-hydrogen) atoms. The molecule has 4 nitrogen and oxygen atoms in total. The minimum Gasteiger partial charge on any atom is -0.354 e. The van der Waals surface area contributed by atoms with E-state index in [-0.39, 0.29) is 11.9 Å². The number of hydrogen-bond acceptors (Lipinski definition) is 3. The summed E-state index contributed by atoms with van der Waals surface area (Å²) in [4.78, 5) is 17.5. The molecule has 1 saturated carbocycles. The topological polar surface area (TPSA) is 35.6 Å². The van der Waals surface area contributed by atoms with Gasteiger partial charge in [-0.2, -0.15) is 0 Å². The first-order chi connectivity index (χ1) is 12.6. The molecule has 1 atom stereocenters. The highest BCUT2D eigenvalue weighted by molar-refractivity contribution is 5.82. The lowest BCUT2D eigenvalue weighted by Crippen LogP contribution is -2.56. The maximum Gasteiger partial charge on any atom is 0.237 e. The molecular formula is C22H33N3O. The van der Waals surface area contributed by atoms with E-state index in [4.69, 9.17) is 0 Å². The molecule has 1 spiro atoms. The normalized spacial score (nSPS) is 26.7. The van der Waals surface area contributed by atoms with E-state index in [1.54, 1.807) is 0 Å². The van der Waals surface area contributed by atoms with Crippen molar-refractivity contribution in [2.45, 2.75) is 51.1 Å². The number of hydrogen-bond donors (Lipinski definition) is 1. The summed E-state index contributed by atoms with van der Waals surface area (Å²) >= 11 is 0. The van der Waals surface area contributed by atoms with Crippen LogP contribution in [0.2, 0.25) is 0 Å². The number of benzene rings is 1. The van der Waals surface area contributed by atoms with E-state index in [9.17, 15) is 4.79 Å². The van der Waals surface area contributed by atoms with Crippen molar-refractivity contribution < 1.29 is 4.79 Å². The molecule has 1 N–H and O–H groups in total. The Morgan fingerprint density at radius 3 is 2.58 bits per heavy atom. The van der Waals surface area contributed by atoms with Gasteiger partial charge in [0.1, 0.15) is 0 Å². The second-order valence-electron chi connectivity index (χ2n) is 9.01. The lowest BCUT2D eigenvalue weighted by molar-refractivity contribution is -0.125. The maximum absolute atomic E-state index is 12.7. The van der Waals surface area contributed by atoms with Gasteiger partial charge in [-0.15, -0.1) is 0 Å². The summed E-state index contributed by atoms with van der Waals surface area (Å²) in [5.74, 6) is 0.967. The zero-order valence-electron chi connectivity index (χ0n) is 16.1. The number of nitrogens with zero attached hydrogens (tertiary/aromatic N) is 2. The van der Waals surface area contributed by atoms with Gasteiger partial charge in [-0.3, -0.25) is 14.6 Å². The second kappa shape index (κ2) is 7.69. The molecule has 1 aliphatic carbocycles. The van der Waals surface area contributed by atoms with Crippen LogP contribution in [0.15, 0.2) is 30.3 Å². The Morgan fingerprint density at radius 2 is 1.85 bits per heavy atom. The van der Waals surface area contributed by atoms with Gasteiger partial charge in [-0.05, 0) is 37.8 Å². The van der Waals surface area contributed by atoms with Crippen LogP contribution in [-0.2, 0) is 11.3 Å². The third kappa shape index (κ3) is 3.96. The lowest BCUT2D eigenvalue weighted by atomic mass is 9.77. The first kappa shape index (κ1) is 18.0. The fourth-order valence-corrected chi connectivity index (χ4v) is 5.40. The summed E-state index contributed by atoms with van der Waals surface area (Å²) in [7, 11) is 2.12. The molecule has 1 aromatic rings. The molecule has 2 aliphatic heterocycles. The molecule has 4 heteroatoms. The number of nitrogens with one attached hydrogen (secondary N) is 1. The van der Waals surface area contributed by atoms with Crippen molar-refractivity contribution >= 4 is 5.91 Å². The van der Waals surface area contributed by atoms with Crippen molar-refractivity contribution in [1.82, 2.24) is 15.1 Å². The van der Waals surface area contributed by atoms with Crippen LogP contribution in [-0.4, -0.2) is 55.0 Å². The van der Waals surface area contributed by atoms with Crippen molar-refractivity contribution in [2.24, 2.45) is 11.3 Å². The fraction of sp³-hybridized carbons (Fsp3) is 0.682. The summed E-state index contributed by atoms with van der Waals surface area (Å²) in [5.41, 5.74) is 1.71. The van der Waals surface area contributed by atoms with Gasteiger partial charge >= 0.3 is 0 Å². The minimum absolute atomic E-state index is 0.0671. The number of amides is 1. The third-order valence-corrected chi connectivity index (χ3v) is 6.70. The standard InChI is InChI=1S/C22H33N3O/c1-24-15-22(16-25(17-22)14-19-10-6-3-7-11-19)12-20(24)21(26)23-13-18-8-4-2-5-9-18/h3,6-7,10-11,18,20H,2,4-5,8-9,12-17H2,1H3,(H,23,26). The van der Waals surface area contributed by atoms with Gasteiger partial charge in [0, 0.05) is 38.1 Å². The minimum atomic E-state index is 0.0671. The highest BCUT2D eigenvalue weighted by Gasteiger charge is 2.51. The largest absolute Gasteiger partial charge is 0.354 e. The quantitative estimate of drug-likeness (QED) is 0.882. The van der Waals surface area contributed by atoms with Gasteiger partial charge < -0.3 is 5.32 Å². The van der Waals surface area contributed by atoms with Gasteiger partial charge in [0.2, 0.25) is 5.91 Å². The Labute approximate surface area is 157 Å². The summed E-state index contributed by atoms with van der Waals surface area (Å²) in [6.45, 7) is 5.22. The van der Waals surface area contributed by atoms with E-state index in [0.717, 1.165) is 39.1 Å². The molecule has 2 saturated heterocycles.